The number of hydrogen-bond donors (Lipinski definition) is 0. The van der Waals surface area contributed by atoms with Crippen molar-refractivity contribution in [3.63, 3.8) is 0 Å². The Bertz CT molecular complexity index is 2800. The first-order chi connectivity index (χ1) is 40.3. The van der Waals surface area contributed by atoms with Crippen molar-refractivity contribution in [3.8, 4) is 0 Å². The van der Waals surface area contributed by atoms with E-state index >= 15 is 0 Å². The zero-order valence-corrected chi connectivity index (χ0v) is 57.7. The molecule has 7 rings (SSSR count). The summed E-state index contributed by atoms with van der Waals surface area (Å²) in [6.07, 6.45) is 4.41. The van der Waals surface area contributed by atoms with E-state index in [0.29, 0.717) is 35.5 Å². The van der Waals surface area contributed by atoms with Gasteiger partial charge in [-0.1, -0.05) is 264 Å². The predicted molar refractivity (Wildman–Crippen MR) is 366 cm³/mol. The first-order valence-electron chi connectivity index (χ1n) is 32.2. The molecule has 0 radical (unpaired) electrons. The zero-order chi connectivity index (χ0) is 65.4. The second-order valence-electron chi connectivity index (χ2n) is 26.4. The van der Waals surface area contributed by atoms with Crippen LogP contribution in [0.1, 0.15) is 235 Å². The number of rotatable bonds is 16. The first-order valence-corrected chi connectivity index (χ1v) is 32.2. The summed E-state index contributed by atoms with van der Waals surface area (Å²) in [7, 11) is 0. The van der Waals surface area contributed by atoms with Crippen molar-refractivity contribution in [1.29, 1.82) is 0 Å². The van der Waals surface area contributed by atoms with Gasteiger partial charge in [0.05, 0.1) is 0 Å². The van der Waals surface area contributed by atoms with Gasteiger partial charge in [0.2, 0.25) is 0 Å². The van der Waals surface area contributed by atoms with Crippen LogP contribution in [-0.4, -0.2) is 0 Å². The SMILES string of the molecule is CC(C)C(C)c1ccccc1.CC(C)Cc1ccccc1.CCC(c1cc(F)c(C)c(F)c1)C(C)C.CCC(c1ccc(F)cc1)C(C)C.Cc1c(F)cc(C(C)C(C)C)cc1F.Cc1ccc(C(C)C(C)C)cc1.Cc1ccc(CC(C)C)cc1. The fraction of sp³-hybridized carbons (Fsp3) is 0.481. The Morgan fingerprint density at radius 1 is 0.291 bits per heavy atom. The lowest BCUT2D eigenvalue weighted by molar-refractivity contribution is 0.475. The maximum Gasteiger partial charge on any atom is 0.129 e. The predicted octanol–water partition coefficient (Wildman–Crippen LogP) is 25.7. The van der Waals surface area contributed by atoms with Crippen LogP contribution in [0.25, 0.3) is 0 Å². The van der Waals surface area contributed by atoms with Crippen LogP contribution in [0.5, 0.6) is 0 Å². The van der Waals surface area contributed by atoms with Crippen molar-refractivity contribution in [3.05, 3.63) is 248 Å². The largest absolute Gasteiger partial charge is 0.207 e. The molecule has 5 heteroatoms. The van der Waals surface area contributed by atoms with Crippen molar-refractivity contribution < 1.29 is 22.0 Å². The highest BCUT2D eigenvalue weighted by Gasteiger charge is 2.18. The van der Waals surface area contributed by atoms with Gasteiger partial charge in [-0.15, -0.1) is 0 Å². The fourth-order valence-corrected chi connectivity index (χ4v) is 9.76. The Kier molecular flexibility index (Phi) is 37.6. The first kappa shape index (κ1) is 78.2. The van der Waals surface area contributed by atoms with Crippen LogP contribution in [0.4, 0.5) is 22.0 Å². The Morgan fingerprint density at radius 2 is 0.581 bits per heavy atom. The molecule has 0 amide bonds. The van der Waals surface area contributed by atoms with E-state index in [1.807, 2.05) is 39.8 Å². The Labute approximate surface area is 523 Å². The number of halogens is 5. The van der Waals surface area contributed by atoms with Crippen LogP contribution in [0.15, 0.2) is 158 Å². The topological polar surface area (TPSA) is 0 Å². The highest BCUT2D eigenvalue weighted by molar-refractivity contribution is 5.30. The molecule has 0 aliphatic carbocycles. The van der Waals surface area contributed by atoms with Gasteiger partial charge in [-0.2, -0.15) is 0 Å². The van der Waals surface area contributed by atoms with Gasteiger partial charge in [-0.3, -0.25) is 0 Å². The molecule has 0 bridgehead atoms. The molecule has 0 saturated heterocycles. The van der Waals surface area contributed by atoms with E-state index < -0.39 is 23.3 Å². The van der Waals surface area contributed by atoms with Crippen molar-refractivity contribution >= 4 is 0 Å². The summed E-state index contributed by atoms with van der Waals surface area (Å²) in [6, 6.07) is 51.6. The summed E-state index contributed by atoms with van der Waals surface area (Å²) in [6.45, 7) is 48.6. The van der Waals surface area contributed by atoms with E-state index in [-0.39, 0.29) is 28.8 Å². The Morgan fingerprint density at radius 3 is 0.919 bits per heavy atom. The second-order valence-corrected chi connectivity index (χ2v) is 26.4. The standard InChI is InChI=1S/C13H18F2.C12H16F2.C12H17F.C12H18.2C11H16.C10H14/c1-5-11(8(2)3)10-6-12(14)9(4)13(15)7-10;1-7(2)8(3)10-5-11(13)9(4)12(14)6-10;1-4-12(9(2)3)10-5-7-11(13)8-6-10;1-9(2)11(4)12-7-5-10(3)6-8-12;1-9(2)8-11-6-4-10(3)5-7-11;1-9(2)10(3)11-7-5-4-6-8-11;1-9(2)8-10-6-4-3-5-7-10/h6-8,11H,5H2,1-4H3;5-8H,1-4H3;5-9,12H,4H2,1-3H3;5-9,11H,1-4H3;4-7,9H,8H2,1-3H3;4-10H,1-3H3;3-7,9H,8H2,1-2H3. The Balaban J connectivity index is 0.000000503. The van der Waals surface area contributed by atoms with Crippen LogP contribution >= 0.6 is 0 Å². The highest BCUT2D eigenvalue weighted by Crippen LogP contribution is 2.31. The van der Waals surface area contributed by atoms with Crippen LogP contribution in [0.3, 0.4) is 0 Å². The molecule has 0 aromatic heterocycles. The summed E-state index contributed by atoms with van der Waals surface area (Å²) in [5, 5.41) is 0. The maximum atomic E-state index is 13.4. The highest BCUT2D eigenvalue weighted by atomic mass is 19.1. The summed E-state index contributed by atoms with van der Waals surface area (Å²) in [5.41, 5.74) is 11.4. The van der Waals surface area contributed by atoms with Gasteiger partial charge in [0, 0.05) is 11.1 Å². The van der Waals surface area contributed by atoms with Crippen molar-refractivity contribution in [1.82, 2.24) is 0 Å². The van der Waals surface area contributed by atoms with E-state index in [2.05, 4.69) is 227 Å². The molecular weight excluding hydrogens is 1070 g/mol. The lowest BCUT2D eigenvalue weighted by Crippen LogP contribution is -2.07. The molecule has 5 atom stereocenters. The molecule has 0 aliphatic rings. The zero-order valence-electron chi connectivity index (χ0n) is 57.7. The molecule has 0 spiro atoms. The van der Waals surface area contributed by atoms with E-state index in [0.717, 1.165) is 47.6 Å². The molecule has 0 nitrogen and oxygen atoms in total. The molecule has 7 aromatic rings. The maximum absolute atomic E-state index is 13.4. The Hall–Kier alpha value is -5.81. The van der Waals surface area contributed by atoms with Gasteiger partial charge in [-0.05, 0) is 200 Å². The molecule has 0 heterocycles. The molecule has 5 unspecified atom stereocenters. The molecule has 0 N–H and O–H groups in total. The molecule has 86 heavy (non-hydrogen) atoms. The minimum Gasteiger partial charge on any atom is -0.207 e. The van der Waals surface area contributed by atoms with Crippen molar-refractivity contribution in [2.45, 2.75) is 215 Å². The summed E-state index contributed by atoms with van der Waals surface area (Å²) in [4.78, 5) is 0. The molecule has 0 saturated carbocycles. The second kappa shape index (κ2) is 41.4. The molecule has 0 fully saturated rings. The van der Waals surface area contributed by atoms with Crippen LogP contribution in [-0.2, 0) is 12.8 Å². The lowest BCUT2D eigenvalue weighted by Gasteiger charge is -2.20. The minimum absolute atomic E-state index is 0.102. The smallest absolute Gasteiger partial charge is 0.129 e. The molecule has 7 aromatic carbocycles. The van der Waals surface area contributed by atoms with Gasteiger partial charge in [-0.25, -0.2) is 22.0 Å². The van der Waals surface area contributed by atoms with Crippen molar-refractivity contribution in [2.24, 2.45) is 41.4 Å². The molecule has 0 aliphatic heterocycles. The van der Waals surface area contributed by atoms with Gasteiger partial charge >= 0.3 is 0 Å². The lowest BCUT2D eigenvalue weighted by atomic mass is 9.86. The number of benzene rings is 7. The number of hydrogen-bond acceptors (Lipinski definition) is 0. The van der Waals surface area contributed by atoms with E-state index in [9.17, 15) is 22.0 Å². The summed E-state index contributed by atoms with van der Waals surface area (Å²) in [5.74, 6) is 4.78. The molecular formula is C81H115F5. The minimum atomic E-state index is -0.451. The average Bonchev–Trinajstić information content (AvgIpc) is 3.64. The summed E-state index contributed by atoms with van der Waals surface area (Å²) >= 11 is 0. The normalized spacial score (nSPS) is 12.6. The third-order valence-electron chi connectivity index (χ3n) is 16.5. The monoisotopic (exact) mass is 1180 g/mol. The van der Waals surface area contributed by atoms with Gasteiger partial charge in [0.1, 0.15) is 29.1 Å². The van der Waals surface area contributed by atoms with Gasteiger partial charge < -0.3 is 0 Å². The quantitative estimate of drug-likeness (QED) is 0.0846. The van der Waals surface area contributed by atoms with Gasteiger partial charge in [0.25, 0.3) is 0 Å². The van der Waals surface area contributed by atoms with E-state index in [1.54, 1.807) is 12.1 Å². The average molecular weight is 1180 g/mol. The van der Waals surface area contributed by atoms with Crippen LogP contribution in [0.2, 0.25) is 0 Å². The van der Waals surface area contributed by atoms with E-state index in [1.165, 1.54) is 89.9 Å². The van der Waals surface area contributed by atoms with E-state index in [4.69, 9.17) is 0 Å². The summed E-state index contributed by atoms with van der Waals surface area (Å²) < 4.78 is 65.8. The van der Waals surface area contributed by atoms with Crippen molar-refractivity contribution in [2.75, 3.05) is 0 Å². The number of aryl methyl sites for hydroxylation is 2. The van der Waals surface area contributed by atoms with Crippen LogP contribution in [0, 0.1) is 98.2 Å². The molecule has 474 valence electrons. The third kappa shape index (κ3) is 30.2. The third-order valence-corrected chi connectivity index (χ3v) is 16.5. The van der Waals surface area contributed by atoms with Crippen LogP contribution < -0.4 is 0 Å². The fourth-order valence-electron chi connectivity index (χ4n) is 9.76. The van der Waals surface area contributed by atoms with Gasteiger partial charge in [0.15, 0.2) is 0 Å².